The van der Waals surface area contributed by atoms with Crippen LogP contribution in [-0.4, -0.2) is 97.9 Å². The van der Waals surface area contributed by atoms with Gasteiger partial charge in [0.25, 0.3) is 0 Å². The number of rotatable bonds is 11. The quantitative estimate of drug-likeness (QED) is 0.329. The van der Waals surface area contributed by atoms with Gasteiger partial charge in [0.05, 0.1) is 37.4 Å². The number of ether oxygens (including phenoxy) is 2. The molecule has 4 heterocycles. The van der Waals surface area contributed by atoms with Crippen LogP contribution in [0.1, 0.15) is 55.5 Å². The van der Waals surface area contributed by atoms with Gasteiger partial charge in [-0.25, -0.2) is 0 Å². The van der Waals surface area contributed by atoms with E-state index in [2.05, 4.69) is 72.5 Å². The Morgan fingerprint density at radius 2 is 2.02 bits per heavy atom. The molecule has 2 aromatic rings. The monoisotopic (exact) mass is 625 g/mol. The average Bonchev–Trinajstić information content (AvgIpc) is 3.50. The van der Waals surface area contributed by atoms with Crippen molar-refractivity contribution in [1.82, 2.24) is 19.8 Å². The molecule has 2 fully saturated rings. The highest BCUT2D eigenvalue weighted by Gasteiger charge is 2.34. The topological polar surface area (TPSA) is 98.1 Å². The Bertz CT molecular complexity index is 1510. The SMILES string of the molecule is C=Cc1cccc(N2CCc3c(nc(OC[C@@H]4CCCN4C)nc3N3CCN(C(=O)/C=C/COC)[C@@H](CC#N)C3)C2)c1/C(C)=C\C. The van der Waals surface area contributed by atoms with Crippen LogP contribution < -0.4 is 14.5 Å². The summed E-state index contributed by atoms with van der Waals surface area (Å²) in [5.41, 5.74) is 6.74. The van der Waals surface area contributed by atoms with Crippen LogP contribution in [0.2, 0.25) is 0 Å². The van der Waals surface area contributed by atoms with Crippen LogP contribution >= 0.6 is 0 Å². The number of hydrogen-bond donors (Lipinski definition) is 0. The summed E-state index contributed by atoms with van der Waals surface area (Å²) in [5.74, 6) is 0.755. The normalized spacial score (nSPS) is 20.6. The lowest BCUT2D eigenvalue weighted by atomic mass is 9.95. The number of amides is 1. The molecule has 0 radical (unpaired) electrons. The molecule has 0 unspecified atom stereocenters. The summed E-state index contributed by atoms with van der Waals surface area (Å²) in [6, 6.07) is 9.15. The number of nitriles is 1. The van der Waals surface area contributed by atoms with E-state index in [-0.39, 0.29) is 18.4 Å². The molecule has 3 aliphatic heterocycles. The Hall–Kier alpha value is -4.20. The van der Waals surface area contributed by atoms with Gasteiger partial charge < -0.3 is 29.1 Å². The lowest BCUT2D eigenvalue weighted by Crippen LogP contribution is -2.55. The summed E-state index contributed by atoms with van der Waals surface area (Å²) in [4.78, 5) is 31.8. The van der Waals surface area contributed by atoms with E-state index < -0.39 is 0 Å². The highest BCUT2D eigenvalue weighted by Crippen LogP contribution is 2.36. The van der Waals surface area contributed by atoms with Gasteiger partial charge in [0.2, 0.25) is 5.91 Å². The predicted molar refractivity (Wildman–Crippen MR) is 183 cm³/mol. The first-order valence-corrected chi connectivity index (χ1v) is 16.3. The molecule has 0 bridgehead atoms. The summed E-state index contributed by atoms with van der Waals surface area (Å²) in [7, 11) is 3.73. The molecule has 10 heteroatoms. The standard InChI is InChI=1S/C36H47N7O3/c1-6-26(3)34-27(7-2)11-8-13-32(34)41-19-16-30-31(24-41)38-36(46-25-29-12-9-18-40(29)4)39-35(30)42-20-21-43(28(23-42)15-17-37)33(44)14-10-22-45-5/h6-8,10-11,13-14,28-29H,2,9,12,15-16,18-25H2,1,3-5H3/b14-10+,26-6-/t28-,29-/m0/s1. The van der Waals surface area contributed by atoms with Crippen LogP contribution in [-0.2, 0) is 22.5 Å². The molecule has 2 atom stereocenters. The van der Waals surface area contributed by atoms with E-state index in [1.54, 1.807) is 24.2 Å². The van der Waals surface area contributed by atoms with Crippen molar-refractivity contribution in [2.24, 2.45) is 0 Å². The minimum Gasteiger partial charge on any atom is -0.462 e. The zero-order valence-corrected chi connectivity index (χ0v) is 27.7. The van der Waals surface area contributed by atoms with Crippen LogP contribution in [0.5, 0.6) is 6.01 Å². The zero-order valence-electron chi connectivity index (χ0n) is 27.7. The van der Waals surface area contributed by atoms with Crippen molar-refractivity contribution in [2.75, 3.05) is 69.9 Å². The van der Waals surface area contributed by atoms with Crippen LogP contribution in [0.4, 0.5) is 11.5 Å². The fourth-order valence-electron chi connectivity index (χ4n) is 6.80. The zero-order chi connectivity index (χ0) is 32.6. The smallest absolute Gasteiger partial charge is 0.318 e. The largest absolute Gasteiger partial charge is 0.462 e. The number of carbonyl (C=O) groups is 1. The minimum atomic E-state index is -0.256. The molecule has 5 rings (SSSR count). The van der Waals surface area contributed by atoms with E-state index in [0.29, 0.717) is 51.4 Å². The summed E-state index contributed by atoms with van der Waals surface area (Å²) in [6.45, 7) is 13.3. The third-order valence-electron chi connectivity index (χ3n) is 9.48. The Kier molecular flexibility index (Phi) is 11.1. The van der Waals surface area contributed by atoms with Gasteiger partial charge in [0, 0.05) is 62.2 Å². The number of hydrogen-bond acceptors (Lipinski definition) is 9. The molecule has 2 saturated heterocycles. The average molecular weight is 626 g/mol. The Balaban J connectivity index is 1.47. The Labute approximate surface area is 273 Å². The third kappa shape index (κ3) is 7.27. The van der Waals surface area contributed by atoms with Crippen LogP contribution in [0.25, 0.3) is 11.6 Å². The van der Waals surface area contributed by atoms with Gasteiger partial charge in [0.1, 0.15) is 12.4 Å². The first-order valence-electron chi connectivity index (χ1n) is 16.3. The van der Waals surface area contributed by atoms with Crippen LogP contribution in [0.3, 0.4) is 0 Å². The molecule has 1 aromatic carbocycles. The van der Waals surface area contributed by atoms with Crippen molar-refractivity contribution in [2.45, 2.75) is 58.2 Å². The molecule has 0 N–H and O–H groups in total. The molecule has 244 valence electrons. The summed E-state index contributed by atoms with van der Waals surface area (Å²) >= 11 is 0. The van der Waals surface area contributed by atoms with Gasteiger partial charge in [-0.05, 0) is 63.9 Å². The Morgan fingerprint density at radius 1 is 1.17 bits per heavy atom. The fourth-order valence-corrected chi connectivity index (χ4v) is 6.80. The van der Waals surface area contributed by atoms with Gasteiger partial charge in [-0.15, -0.1) is 0 Å². The fraction of sp³-hybridized carbons (Fsp3) is 0.500. The lowest BCUT2D eigenvalue weighted by molar-refractivity contribution is -0.128. The van der Waals surface area contributed by atoms with E-state index in [1.165, 1.54) is 11.1 Å². The van der Waals surface area contributed by atoms with Gasteiger partial charge in [0.15, 0.2) is 0 Å². The van der Waals surface area contributed by atoms with Crippen molar-refractivity contribution in [1.29, 1.82) is 5.26 Å². The molecular formula is C36H47N7O3. The molecule has 0 saturated carbocycles. The van der Waals surface area contributed by atoms with Gasteiger partial charge in [-0.3, -0.25) is 4.79 Å². The highest BCUT2D eigenvalue weighted by molar-refractivity contribution is 5.88. The van der Waals surface area contributed by atoms with Crippen LogP contribution in [0, 0.1) is 11.3 Å². The second-order valence-electron chi connectivity index (χ2n) is 12.3. The summed E-state index contributed by atoms with van der Waals surface area (Å²) < 4.78 is 11.4. The van der Waals surface area contributed by atoms with Crippen LogP contribution in [0.15, 0.2) is 43.0 Å². The van der Waals surface area contributed by atoms with Gasteiger partial charge in [-0.2, -0.15) is 15.2 Å². The number of allylic oxidation sites excluding steroid dienone is 2. The summed E-state index contributed by atoms with van der Waals surface area (Å²) in [6.07, 6.45) is 10.6. The summed E-state index contributed by atoms with van der Waals surface area (Å²) in [5, 5.41) is 9.66. The van der Waals surface area contributed by atoms with Crippen molar-refractivity contribution in [3.63, 3.8) is 0 Å². The number of piperazine rings is 1. The maximum atomic E-state index is 13.0. The van der Waals surface area contributed by atoms with Crippen molar-refractivity contribution < 1.29 is 14.3 Å². The number of likely N-dealkylation sites (N-methyl/N-ethyl adjacent to an activating group) is 1. The molecule has 3 aliphatic rings. The second kappa shape index (κ2) is 15.4. The number of nitrogens with zero attached hydrogens (tertiary/aromatic N) is 7. The van der Waals surface area contributed by atoms with Crippen molar-refractivity contribution in [3.8, 4) is 12.1 Å². The maximum Gasteiger partial charge on any atom is 0.318 e. The maximum absolute atomic E-state index is 13.0. The predicted octanol–water partition coefficient (Wildman–Crippen LogP) is 4.71. The number of benzene rings is 1. The number of carbonyl (C=O) groups excluding carboxylic acids is 1. The molecule has 46 heavy (non-hydrogen) atoms. The molecule has 1 aromatic heterocycles. The molecule has 10 nitrogen and oxygen atoms in total. The number of aromatic nitrogens is 2. The molecular weight excluding hydrogens is 578 g/mol. The molecule has 0 aliphatic carbocycles. The molecule has 1 amide bonds. The second-order valence-corrected chi connectivity index (χ2v) is 12.3. The van der Waals surface area contributed by atoms with E-state index in [0.717, 1.165) is 60.7 Å². The van der Waals surface area contributed by atoms with E-state index >= 15 is 0 Å². The van der Waals surface area contributed by atoms with E-state index in [1.807, 2.05) is 6.08 Å². The minimum absolute atomic E-state index is 0.101. The first kappa shape index (κ1) is 33.2. The van der Waals surface area contributed by atoms with Crippen molar-refractivity contribution in [3.05, 3.63) is 65.4 Å². The number of anilines is 2. The van der Waals surface area contributed by atoms with E-state index in [4.69, 9.17) is 19.4 Å². The Morgan fingerprint density at radius 3 is 2.74 bits per heavy atom. The highest BCUT2D eigenvalue weighted by atomic mass is 16.5. The first-order chi connectivity index (χ1) is 22.4. The molecule has 0 spiro atoms. The number of fused-ring (bicyclic) bond motifs is 1. The van der Waals surface area contributed by atoms with Crippen molar-refractivity contribution >= 4 is 29.1 Å². The van der Waals surface area contributed by atoms with Gasteiger partial charge in [-0.1, -0.05) is 36.9 Å². The lowest BCUT2D eigenvalue weighted by Gasteiger charge is -2.42. The van der Waals surface area contributed by atoms with E-state index in [9.17, 15) is 10.1 Å². The number of methoxy groups -OCH3 is 1. The third-order valence-corrected chi connectivity index (χ3v) is 9.48. The number of likely N-dealkylation sites (tertiary alicyclic amines) is 1. The van der Waals surface area contributed by atoms with Gasteiger partial charge >= 0.3 is 6.01 Å².